The molecule has 1 rings (SSSR count). The van der Waals surface area contributed by atoms with Crippen LogP contribution in [0, 0.1) is 0 Å². The average molecular weight is 230 g/mol. The van der Waals surface area contributed by atoms with E-state index < -0.39 is 8.26 Å². The Hall–Kier alpha value is -0.450. The monoisotopic (exact) mass is 229 g/mol. The number of rotatable bonds is 0. The van der Waals surface area contributed by atoms with Gasteiger partial charge in [0.1, 0.15) is 0 Å². The van der Waals surface area contributed by atoms with E-state index in [0.29, 0.717) is 0 Å². The van der Waals surface area contributed by atoms with Crippen LogP contribution in [0.1, 0.15) is 0 Å². The number of nitrogens with one attached hydrogen (secondary N) is 1. The lowest BCUT2D eigenvalue weighted by atomic mass is 10.7. The van der Waals surface area contributed by atoms with Crippen molar-refractivity contribution in [1.29, 1.82) is 0 Å². The van der Waals surface area contributed by atoms with E-state index in [2.05, 4.69) is 39.5 Å². The Morgan fingerprint density at radius 1 is 1.08 bits per heavy atom. The maximum atomic E-state index is 9.16. The van der Waals surface area contributed by atoms with Crippen molar-refractivity contribution in [1.82, 2.24) is 4.98 Å². The molecule has 1 aromatic heterocycles. The fourth-order valence-corrected chi connectivity index (χ4v) is 0.278. The Labute approximate surface area is 80.9 Å². The number of hydrogen-bond acceptors (Lipinski definition) is 2. The molecule has 1 N–H and O–H groups in total. The summed E-state index contributed by atoms with van der Waals surface area (Å²) in [5.41, 5.74) is 0. The predicted octanol–water partition coefficient (Wildman–Crippen LogP) is 2.53. The molecule has 0 atom stereocenters. The number of halogens is 2. The third kappa shape index (κ3) is 33.7. The summed E-state index contributed by atoms with van der Waals surface area (Å²) >= 11 is 0. The van der Waals surface area contributed by atoms with Gasteiger partial charge < -0.3 is 4.98 Å². The minimum Gasteiger partial charge on any atom is -0.368 e. The van der Waals surface area contributed by atoms with Crippen molar-refractivity contribution in [2.75, 3.05) is 0 Å². The van der Waals surface area contributed by atoms with Crippen LogP contribution in [-0.2, 0) is 8.26 Å². The van der Waals surface area contributed by atoms with Crippen molar-refractivity contribution >= 4 is 29.6 Å². The molecule has 3 nitrogen and oxygen atoms in total. The highest BCUT2D eigenvalue weighted by Gasteiger charge is 1.88. The third-order valence-corrected chi connectivity index (χ3v) is 0.496. The molecule has 0 aliphatic heterocycles. The summed E-state index contributed by atoms with van der Waals surface area (Å²) in [4.78, 5) is 2.86. The normalized spacial score (nSPS) is 8.50. The zero-order chi connectivity index (χ0) is 10.0. The van der Waals surface area contributed by atoms with E-state index in [9.17, 15) is 0 Å². The molecule has 0 bridgehead atoms. The van der Waals surface area contributed by atoms with Gasteiger partial charge in [-0.05, 0) is 12.1 Å². The molecule has 1 heterocycles. The molecule has 0 spiro atoms. The minimum absolute atomic E-state index is 1.88. The van der Waals surface area contributed by atoms with Crippen molar-refractivity contribution in [2.24, 2.45) is 0 Å². The highest BCUT2D eigenvalue weighted by Crippen LogP contribution is 1.98. The molecule has 0 fully saturated rings. The van der Waals surface area contributed by atoms with Crippen LogP contribution in [0.3, 0.4) is 0 Å². The van der Waals surface area contributed by atoms with Gasteiger partial charge in [-0.1, -0.05) is 0 Å². The van der Waals surface area contributed by atoms with Crippen molar-refractivity contribution in [3.05, 3.63) is 37.7 Å². The van der Waals surface area contributed by atoms with Crippen molar-refractivity contribution in [3.8, 4) is 0 Å². The van der Waals surface area contributed by atoms with Crippen molar-refractivity contribution in [2.45, 2.75) is 0 Å². The number of hydrogen-bond donors (Lipinski definition) is 1. The van der Waals surface area contributed by atoms with E-state index in [1.165, 1.54) is 0 Å². The Kier molecular flexibility index (Phi) is 10.2. The second kappa shape index (κ2) is 8.64. The molecule has 70 valence electrons. The maximum absolute atomic E-state index is 9.16. The Bertz CT molecular complexity index is 232. The van der Waals surface area contributed by atoms with Crippen LogP contribution >= 0.6 is 21.4 Å². The van der Waals surface area contributed by atoms with Crippen LogP contribution in [0.4, 0.5) is 0 Å². The van der Waals surface area contributed by atoms with Gasteiger partial charge >= 0.3 is 8.26 Å². The molecule has 0 amide bonds. The van der Waals surface area contributed by atoms with Crippen LogP contribution in [-0.4, -0.2) is 13.4 Å². The molecular formula is C6H9Cl2NO2S. The van der Waals surface area contributed by atoms with E-state index in [4.69, 9.17) is 8.42 Å². The van der Waals surface area contributed by atoms with E-state index in [1.54, 1.807) is 0 Å². The Morgan fingerprint density at radius 3 is 1.42 bits per heavy atom. The summed E-state index contributed by atoms with van der Waals surface area (Å²) in [5.74, 6) is 0. The summed E-state index contributed by atoms with van der Waals surface area (Å²) in [6.07, 6.45) is 3.75. The maximum Gasteiger partial charge on any atom is 0.317 e. The largest absolute Gasteiger partial charge is 0.368 e. The van der Waals surface area contributed by atoms with Gasteiger partial charge in [-0.15, -0.1) is 13.2 Å². The van der Waals surface area contributed by atoms with Crippen molar-refractivity contribution in [3.63, 3.8) is 0 Å². The number of H-pyrrole nitrogens is 1. The second-order valence-electron chi connectivity index (χ2n) is 1.26. The van der Waals surface area contributed by atoms with Gasteiger partial charge in [0.05, 0.1) is 0 Å². The van der Waals surface area contributed by atoms with Gasteiger partial charge in [0, 0.05) is 33.8 Å². The summed E-state index contributed by atoms with van der Waals surface area (Å²) < 4.78 is 18.3. The Balaban J connectivity index is 0. The average Bonchev–Trinajstić information content (AvgIpc) is 2.41. The molecular weight excluding hydrogens is 221 g/mol. The van der Waals surface area contributed by atoms with E-state index in [-0.39, 0.29) is 0 Å². The second-order valence-corrected chi connectivity index (χ2v) is 4.93. The minimum atomic E-state index is -3.72. The molecule has 0 saturated heterocycles. The standard InChI is InChI=1S/C4H5N.C2H4.Cl2O2S/c1-2-4-5-3-1;1-2;1-5(2,3)4/h1-5H;1-2H2;. The van der Waals surface area contributed by atoms with Crippen molar-refractivity contribution < 1.29 is 8.42 Å². The Morgan fingerprint density at radius 2 is 1.33 bits per heavy atom. The fourth-order valence-electron chi connectivity index (χ4n) is 0.278. The van der Waals surface area contributed by atoms with E-state index >= 15 is 0 Å². The molecule has 0 aliphatic carbocycles. The van der Waals surface area contributed by atoms with Gasteiger partial charge in [0.2, 0.25) is 0 Å². The van der Waals surface area contributed by atoms with Gasteiger partial charge in [-0.25, -0.2) is 0 Å². The van der Waals surface area contributed by atoms with Gasteiger partial charge in [0.15, 0.2) is 0 Å². The third-order valence-electron chi connectivity index (χ3n) is 0.496. The highest BCUT2D eigenvalue weighted by molar-refractivity contribution is 8.31. The van der Waals surface area contributed by atoms with Crippen LogP contribution in [0.5, 0.6) is 0 Å². The highest BCUT2D eigenvalue weighted by atomic mass is 36.0. The summed E-state index contributed by atoms with van der Waals surface area (Å²) in [5, 5.41) is 0. The molecule has 0 unspecified atom stereocenters. The molecule has 0 aliphatic rings. The van der Waals surface area contributed by atoms with Crippen LogP contribution < -0.4 is 0 Å². The molecule has 0 saturated carbocycles. The summed E-state index contributed by atoms with van der Waals surface area (Å²) in [6, 6.07) is 3.89. The molecule has 0 radical (unpaired) electrons. The molecule has 12 heavy (non-hydrogen) atoms. The predicted molar refractivity (Wildman–Crippen MR) is 52.7 cm³/mol. The van der Waals surface area contributed by atoms with E-state index in [0.717, 1.165) is 0 Å². The lowest BCUT2D eigenvalue weighted by Crippen LogP contribution is -1.63. The first-order chi connectivity index (χ1) is 5.50. The SMILES string of the molecule is C=C.O=S(=O)(Cl)Cl.c1cc[nH]c1. The molecule has 0 aromatic carbocycles. The van der Waals surface area contributed by atoms with Gasteiger partial charge in [-0.2, -0.15) is 8.42 Å². The molecule has 6 heteroatoms. The topological polar surface area (TPSA) is 49.9 Å². The van der Waals surface area contributed by atoms with Gasteiger partial charge in [0.25, 0.3) is 0 Å². The zero-order valence-electron chi connectivity index (χ0n) is 6.20. The number of aromatic amines is 1. The summed E-state index contributed by atoms with van der Waals surface area (Å²) in [7, 11) is 4.81. The van der Waals surface area contributed by atoms with Crippen LogP contribution in [0.25, 0.3) is 0 Å². The quantitative estimate of drug-likeness (QED) is 0.550. The lowest BCUT2D eigenvalue weighted by Gasteiger charge is -1.61. The van der Waals surface area contributed by atoms with Crippen LogP contribution in [0.15, 0.2) is 37.7 Å². The van der Waals surface area contributed by atoms with E-state index in [1.807, 2.05) is 24.5 Å². The first-order valence-electron chi connectivity index (χ1n) is 2.72. The number of aromatic nitrogens is 1. The lowest BCUT2D eigenvalue weighted by molar-refractivity contribution is 0.621. The van der Waals surface area contributed by atoms with Crippen LogP contribution in [0.2, 0.25) is 0 Å². The van der Waals surface area contributed by atoms with Gasteiger partial charge in [-0.3, -0.25) is 0 Å². The first kappa shape index (κ1) is 14.1. The molecule has 1 aromatic rings. The first-order valence-corrected chi connectivity index (χ1v) is 5.85. The fraction of sp³-hybridized carbons (Fsp3) is 0. The zero-order valence-corrected chi connectivity index (χ0v) is 8.53. The summed E-state index contributed by atoms with van der Waals surface area (Å²) in [6.45, 7) is 6.00. The smallest absolute Gasteiger partial charge is 0.317 e.